The second-order valence-electron chi connectivity index (χ2n) is 2.84. The molecule has 4 heteroatoms. The summed E-state index contributed by atoms with van der Waals surface area (Å²) in [4.78, 5) is 0. The lowest BCUT2D eigenvalue weighted by Gasteiger charge is -2.31. The van der Waals surface area contributed by atoms with Crippen molar-refractivity contribution in [1.29, 1.82) is 0 Å². The first-order valence-electron chi connectivity index (χ1n) is 3.88. The highest BCUT2D eigenvalue weighted by atomic mass is 16.5. The minimum absolute atomic E-state index is 0.0186. The summed E-state index contributed by atoms with van der Waals surface area (Å²) in [6.45, 7) is -0.0186. The first-order chi connectivity index (χ1) is 5.26. The molecular formula is C7H15NO3. The van der Waals surface area contributed by atoms with Gasteiger partial charge in [-0.25, -0.2) is 0 Å². The summed E-state index contributed by atoms with van der Waals surface area (Å²) in [6.07, 6.45) is 0.465. The number of nitrogens with one attached hydrogen (secondary N) is 1. The number of rotatable bonds is 2. The van der Waals surface area contributed by atoms with Gasteiger partial charge in [-0.05, 0) is 7.05 Å². The molecule has 1 aliphatic heterocycles. The van der Waals surface area contributed by atoms with Gasteiger partial charge in [-0.2, -0.15) is 0 Å². The van der Waals surface area contributed by atoms with Gasteiger partial charge in [0.05, 0.1) is 18.8 Å². The average Bonchev–Trinajstić information content (AvgIpc) is 2.03. The van der Waals surface area contributed by atoms with Gasteiger partial charge >= 0.3 is 0 Å². The van der Waals surface area contributed by atoms with Crippen LogP contribution in [0.15, 0.2) is 0 Å². The predicted octanol–water partition coefficient (Wildman–Crippen LogP) is -0.936. The molecule has 3 N–H and O–H groups in total. The standard InChI is InChI=1S/C7H15NO3/c1-8-7-3-5(10)2-6(4-9)11-7/h5-10H,2-4H2,1H3/t5-,6-,7?/m0/s1. The lowest BCUT2D eigenvalue weighted by molar-refractivity contribution is -0.120. The molecule has 1 aliphatic rings. The molecule has 1 heterocycles. The Morgan fingerprint density at radius 3 is 2.82 bits per heavy atom. The molecule has 4 nitrogen and oxygen atoms in total. The first kappa shape index (κ1) is 8.93. The molecule has 0 radical (unpaired) electrons. The number of aliphatic hydroxyl groups is 2. The molecule has 0 saturated carbocycles. The van der Waals surface area contributed by atoms with Gasteiger partial charge in [-0.15, -0.1) is 0 Å². The van der Waals surface area contributed by atoms with E-state index >= 15 is 0 Å². The van der Waals surface area contributed by atoms with E-state index in [-0.39, 0.29) is 25.0 Å². The second kappa shape index (κ2) is 4.01. The van der Waals surface area contributed by atoms with E-state index in [1.54, 1.807) is 7.05 Å². The zero-order valence-electron chi connectivity index (χ0n) is 6.66. The van der Waals surface area contributed by atoms with E-state index in [9.17, 15) is 5.11 Å². The van der Waals surface area contributed by atoms with Crippen LogP contribution in [0.25, 0.3) is 0 Å². The smallest absolute Gasteiger partial charge is 0.110 e. The summed E-state index contributed by atoms with van der Waals surface area (Å²) in [7, 11) is 1.77. The van der Waals surface area contributed by atoms with Crippen LogP contribution in [-0.4, -0.2) is 42.3 Å². The van der Waals surface area contributed by atoms with Gasteiger partial charge < -0.3 is 14.9 Å². The van der Waals surface area contributed by atoms with Crippen molar-refractivity contribution in [1.82, 2.24) is 5.32 Å². The Bertz CT molecular complexity index is 108. The fraction of sp³-hybridized carbons (Fsp3) is 1.00. The molecule has 0 aliphatic carbocycles. The number of aliphatic hydroxyl groups excluding tert-OH is 2. The van der Waals surface area contributed by atoms with Crippen molar-refractivity contribution in [2.45, 2.75) is 31.3 Å². The van der Waals surface area contributed by atoms with E-state index in [1.807, 2.05) is 0 Å². The van der Waals surface area contributed by atoms with Crippen molar-refractivity contribution < 1.29 is 14.9 Å². The van der Waals surface area contributed by atoms with E-state index in [0.29, 0.717) is 12.8 Å². The fourth-order valence-corrected chi connectivity index (χ4v) is 1.29. The van der Waals surface area contributed by atoms with Gasteiger partial charge in [0.25, 0.3) is 0 Å². The molecule has 1 rings (SSSR count). The topological polar surface area (TPSA) is 61.7 Å². The second-order valence-corrected chi connectivity index (χ2v) is 2.84. The largest absolute Gasteiger partial charge is 0.394 e. The summed E-state index contributed by atoms with van der Waals surface area (Å²) in [6, 6.07) is 0. The van der Waals surface area contributed by atoms with Crippen LogP contribution in [0, 0.1) is 0 Å². The van der Waals surface area contributed by atoms with Crippen molar-refractivity contribution in [3.05, 3.63) is 0 Å². The molecule has 1 fully saturated rings. The van der Waals surface area contributed by atoms with Gasteiger partial charge in [0.1, 0.15) is 6.23 Å². The zero-order chi connectivity index (χ0) is 8.27. The third-order valence-corrected chi connectivity index (χ3v) is 1.90. The van der Waals surface area contributed by atoms with E-state index in [0.717, 1.165) is 0 Å². The van der Waals surface area contributed by atoms with Gasteiger partial charge in [0, 0.05) is 12.8 Å². The molecule has 0 amide bonds. The van der Waals surface area contributed by atoms with Crippen molar-refractivity contribution in [2.75, 3.05) is 13.7 Å². The molecule has 0 aromatic heterocycles. The Hall–Kier alpha value is -0.160. The summed E-state index contributed by atoms with van der Waals surface area (Å²) in [5.41, 5.74) is 0. The Balaban J connectivity index is 2.37. The maximum atomic E-state index is 9.28. The Morgan fingerprint density at radius 2 is 2.27 bits per heavy atom. The van der Waals surface area contributed by atoms with Crippen LogP contribution in [0.2, 0.25) is 0 Å². The van der Waals surface area contributed by atoms with Crippen molar-refractivity contribution >= 4 is 0 Å². The molecule has 1 saturated heterocycles. The molecule has 66 valence electrons. The van der Waals surface area contributed by atoms with Crippen LogP contribution in [0.4, 0.5) is 0 Å². The molecule has 3 atom stereocenters. The van der Waals surface area contributed by atoms with Gasteiger partial charge in [-0.3, -0.25) is 5.32 Å². The molecule has 0 aromatic carbocycles. The number of ether oxygens (including phenoxy) is 1. The quantitative estimate of drug-likeness (QED) is 0.489. The van der Waals surface area contributed by atoms with Crippen molar-refractivity contribution in [3.8, 4) is 0 Å². The van der Waals surface area contributed by atoms with Crippen LogP contribution in [0.3, 0.4) is 0 Å². The Kier molecular flexibility index (Phi) is 3.26. The van der Waals surface area contributed by atoms with E-state index in [2.05, 4.69) is 5.32 Å². The highest BCUT2D eigenvalue weighted by Gasteiger charge is 2.26. The predicted molar refractivity (Wildman–Crippen MR) is 40.0 cm³/mol. The monoisotopic (exact) mass is 161 g/mol. The van der Waals surface area contributed by atoms with Crippen LogP contribution in [0.1, 0.15) is 12.8 Å². The van der Waals surface area contributed by atoms with Crippen molar-refractivity contribution in [2.24, 2.45) is 0 Å². The van der Waals surface area contributed by atoms with E-state index in [4.69, 9.17) is 9.84 Å². The fourth-order valence-electron chi connectivity index (χ4n) is 1.29. The minimum Gasteiger partial charge on any atom is -0.394 e. The lowest BCUT2D eigenvalue weighted by atomic mass is 10.1. The first-order valence-corrected chi connectivity index (χ1v) is 3.88. The summed E-state index contributed by atoms with van der Waals surface area (Å²) < 4.78 is 5.33. The van der Waals surface area contributed by atoms with Crippen LogP contribution < -0.4 is 5.32 Å². The normalized spacial score (nSPS) is 39.0. The molecule has 0 bridgehead atoms. The highest BCUT2D eigenvalue weighted by molar-refractivity contribution is 4.74. The summed E-state index contributed by atoms with van der Waals surface area (Å²) in [5.74, 6) is 0. The van der Waals surface area contributed by atoms with E-state index < -0.39 is 0 Å². The Labute approximate surface area is 66.2 Å². The van der Waals surface area contributed by atoms with Crippen molar-refractivity contribution in [3.63, 3.8) is 0 Å². The van der Waals surface area contributed by atoms with Crippen LogP contribution >= 0.6 is 0 Å². The molecule has 1 unspecified atom stereocenters. The lowest BCUT2D eigenvalue weighted by Crippen LogP contribution is -2.43. The average molecular weight is 161 g/mol. The van der Waals surface area contributed by atoms with Gasteiger partial charge in [0.15, 0.2) is 0 Å². The maximum absolute atomic E-state index is 9.28. The molecule has 0 spiro atoms. The summed E-state index contributed by atoms with van der Waals surface area (Å²) >= 11 is 0. The van der Waals surface area contributed by atoms with Crippen LogP contribution in [0.5, 0.6) is 0 Å². The highest BCUT2D eigenvalue weighted by Crippen LogP contribution is 2.17. The zero-order valence-corrected chi connectivity index (χ0v) is 6.66. The summed E-state index contributed by atoms with van der Waals surface area (Å²) in [5, 5.41) is 20.9. The Morgan fingerprint density at radius 1 is 1.55 bits per heavy atom. The molecule has 0 aromatic rings. The maximum Gasteiger partial charge on any atom is 0.110 e. The van der Waals surface area contributed by atoms with Gasteiger partial charge in [0.2, 0.25) is 0 Å². The minimum atomic E-state index is -0.349. The number of hydrogen-bond acceptors (Lipinski definition) is 4. The van der Waals surface area contributed by atoms with Crippen LogP contribution in [-0.2, 0) is 4.74 Å². The third-order valence-electron chi connectivity index (χ3n) is 1.90. The SMILES string of the molecule is CNC1C[C@@H](O)C[C@@H](CO)O1. The number of hydrogen-bond donors (Lipinski definition) is 3. The molecular weight excluding hydrogens is 146 g/mol. The van der Waals surface area contributed by atoms with E-state index in [1.165, 1.54) is 0 Å². The third kappa shape index (κ3) is 2.41. The molecule has 11 heavy (non-hydrogen) atoms. The van der Waals surface area contributed by atoms with Gasteiger partial charge in [-0.1, -0.05) is 0 Å².